The molecule has 0 aromatic heterocycles. The number of hydrogen-bond acceptors (Lipinski definition) is 14. The van der Waals surface area contributed by atoms with Crippen LogP contribution in [0, 0.1) is 41.5 Å². The third-order valence-corrected chi connectivity index (χ3v) is 29.3. The fourth-order valence-electron chi connectivity index (χ4n) is 11.9. The summed E-state index contributed by atoms with van der Waals surface area (Å²) in [7, 11) is -25.1. The van der Waals surface area contributed by atoms with Gasteiger partial charge in [-0.2, -0.15) is 25.8 Å². The molecule has 0 radical (unpaired) electrons. The van der Waals surface area contributed by atoms with E-state index in [1.54, 1.807) is 121 Å². The Bertz CT molecular complexity index is 4170. The summed E-state index contributed by atoms with van der Waals surface area (Å²) >= 11 is 0. The van der Waals surface area contributed by atoms with Crippen molar-refractivity contribution in [2.75, 3.05) is 105 Å². The minimum absolute atomic E-state index is 0.00876. The van der Waals surface area contributed by atoms with E-state index in [1.165, 1.54) is 50.1 Å². The molecule has 0 aliphatic carbocycles. The highest BCUT2D eigenvalue weighted by Crippen LogP contribution is 2.27. The van der Waals surface area contributed by atoms with Gasteiger partial charge in [0, 0.05) is 105 Å². The molecule has 2 aliphatic rings. The smallest absolute Gasteiger partial charge is 0.243 e. The second-order valence-electron chi connectivity index (χ2n) is 25.0. The molecule has 0 spiro atoms. The van der Waals surface area contributed by atoms with Gasteiger partial charge in [0.2, 0.25) is 60.1 Å². The van der Waals surface area contributed by atoms with Gasteiger partial charge in [-0.15, -0.1) is 0 Å². The van der Waals surface area contributed by atoms with Gasteiger partial charge in [0.15, 0.2) is 0 Å². The highest BCUT2D eigenvalue weighted by molar-refractivity contribution is 7.90. The topological polar surface area (TPSA) is 231 Å². The standard InChI is InChI=1S/C70H90N8O12S6/c1-57-15-27-65(28-16-57)91(79,80)73-43-11-45-77(95(87,88)69-35-23-61(5)24-36-69)53-51-75(93(83,84)67-31-19-59(3)20-32-67)41-9-39-71(47-49-73)55-63-13-7-8-14-64(63)56-72-40-10-42-76(94(85,86)68-33-21-60(4)22-34-68)52-54-78(96(89,90)70-37-25-62(6)26-38-70)46-12-44-74(50-48-72)92(81,82)66-29-17-58(2)18-30-66/h7-8,13-38H,9-12,39-56H2,1-6H3. The summed E-state index contributed by atoms with van der Waals surface area (Å²) < 4.78 is 185. The van der Waals surface area contributed by atoms with Crippen molar-refractivity contribution >= 4 is 60.1 Å². The van der Waals surface area contributed by atoms with E-state index >= 15 is 0 Å². The molecule has 2 fully saturated rings. The molecule has 7 aromatic carbocycles. The van der Waals surface area contributed by atoms with Crippen LogP contribution in [0.2, 0.25) is 0 Å². The Hall–Kier alpha value is -6.08. The maximum absolute atomic E-state index is 14.8. The van der Waals surface area contributed by atoms with Crippen LogP contribution >= 0.6 is 0 Å². The van der Waals surface area contributed by atoms with E-state index in [0.29, 0.717) is 0 Å². The molecule has 26 heteroatoms. The molecule has 0 amide bonds. The number of aryl methyl sites for hydroxylation is 6. The van der Waals surface area contributed by atoms with Crippen LogP contribution in [0.25, 0.3) is 0 Å². The molecule has 518 valence electrons. The summed E-state index contributed by atoms with van der Waals surface area (Å²) in [5, 5.41) is 0. The van der Waals surface area contributed by atoms with E-state index < -0.39 is 60.1 Å². The first-order valence-electron chi connectivity index (χ1n) is 32.5. The third-order valence-electron chi connectivity index (χ3n) is 17.8. The molecule has 2 heterocycles. The van der Waals surface area contributed by atoms with Crippen molar-refractivity contribution in [3.8, 4) is 0 Å². The molecule has 0 bridgehead atoms. The SMILES string of the molecule is Cc1ccc(S(=O)(=O)N2CCCN(S(=O)(=O)c3ccc(C)cc3)CCN(S(=O)(=O)c3ccc(C)cc3)CCCN(Cc3ccccc3CN3CCCN(S(=O)(=O)c4ccc(C)cc4)CCN(S(=O)(=O)c4ccc(C)cc4)CCCN(S(=O)(=O)c4ccc(C)cc4)CC3)CC2)cc1. The normalized spacial score (nSPS) is 18.1. The molecule has 2 saturated heterocycles. The Morgan fingerprint density at radius 1 is 0.219 bits per heavy atom. The Balaban J connectivity index is 1.05. The van der Waals surface area contributed by atoms with Gasteiger partial charge in [0.05, 0.1) is 29.4 Å². The maximum atomic E-state index is 14.8. The molecule has 0 unspecified atom stereocenters. The zero-order valence-electron chi connectivity index (χ0n) is 55.6. The van der Waals surface area contributed by atoms with Crippen LogP contribution in [0.3, 0.4) is 0 Å². The van der Waals surface area contributed by atoms with Crippen molar-refractivity contribution in [1.82, 2.24) is 35.6 Å². The number of benzene rings is 7. The van der Waals surface area contributed by atoms with Gasteiger partial charge in [-0.1, -0.05) is 130 Å². The molecule has 9 rings (SSSR count). The minimum atomic E-state index is -4.21. The van der Waals surface area contributed by atoms with E-state index in [1.807, 2.05) is 65.8 Å². The average molecular weight is 1430 g/mol. The highest BCUT2D eigenvalue weighted by atomic mass is 32.2. The first kappa shape index (κ1) is 74.2. The molecule has 0 N–H and O–H groups in total. The van der Waals surface area contributed by atoms with Crippen molar-refractivity contribution in [1.29, 1.82) is 0 Å². The highest BCUT2D eigenvalue weighted by Gasteiger charge is 2.35. The Morgan fingerprint density at radius 3 is 0.573 bits per heavy atom. The van der Waals surface area contributed by atoms with Gasteiger partial charge in [-0.25, -0.2) is 50.5 Å². The zero-order valence-corrected chi connectivity index (χ0v) is 60.5. The second-order valence-corrected chi connectivity index (χ2v) is 36.7. The molecule has 20 nitrogen and oxygen atoms in total. The molecule has 7 aromatic rings. The van der Waals surface area contributed by atoms with Crippen molar-refractivity contribution in [3.05, 3.63) is 214 Å². The van der Waals surface area contributed by atoms with Gasteiger partial charge < -0.3 is 0 Å². The van der Waals surface area contributed by atoms with Crippen LogP contribution in [0.4, 0.5) is 0 Å². The van der Waals surface area contributed by atoms with Gasteiger partial charge in [0.1, 0.15) is 0 Å². The van der Waals surface area contributed by atoms with E-state index in [-0.39, 0.29) is 173 Å². The summed E-state index contributed by atoms with van der Waals surface area (Å²) in [4.78, 5) is 4.54. The average Bonchev–Trinajstić information content (AvgIpc) is 0.834. The quantitative estimate of drug-likeness (QED) is 0.0880. The van der Waals surface area contributed by atoms with Crippen molar-refractivity contribution < 1.29 is 50.5 Å². The van der Waals surface area contributed by atoms with E-state index in [9.17, 15) is 50.5 Å². The lowest BCUT2D eigenvalue weighted by atomic mass is 10.1. The van der Waals surface area contributed by atoms with Crippen molar-refractivity contribution in [3.63, 3.8) is 0 Å². The summed E-state index contributed by atoms with van der Waals surface area (Å²) in [6, 6.07) is 46.8. The van der Waals surface area contributed by atoms with Gasteiger partial charge in [0.25, 0.3) is 0 Å². The summed E-state index contributed by atoms with van der Waals surface area (Å²) in [5.41, 5.74) is 6.88. The molecular weight excluding hydrogens is 1340 g/mol. The second kappa shape index (κ2) is 32.3. The Labute approximate surface area is 571 Å². The number of rotatable bonds is 16. The van der Waals surface area contributed by atoms with Crippen LogP contribution in [-0.2, 0) is 73.2 Å². The fraction of sp³-hybridized carbons (Fsp3) is 0.400. The largest absolute Gasteiger partial charge is 0.298 e. The lowest BCUT2D eigenvalue weighted by Gasteiger charge is -2.32. The minimum Gasteiger partial charge on any atom is -0.298 e. The van der Waals surface area contributed by atoms with E-state index in [2.05, 4.69) is 9.80 Å². The lowest BCUT2D eigenvalue weighted by molar-refractivity contribution is 0.215. The van der Waals surface area contributed by atoms with E-state index in [0.717, 1.165) is 44.5 Å². The van der Waals surface area contributed by atoms with Crippen molar-refractivity contribution in [2.24, 2.45) is 0 Å². The first-order valence-corrected chi connectivity index (χ1v) is 41.1. The van der Waals surface area contributed by atoms with Crippen LogP contribution in [-0.4, -0.2) is 191 Å². The van der Waals surface area contributed by atoms with Gasteiger partial charge in [-0.3, -0.25) is 9.80 Å². The number of nitrogens with zero attached hydrogens (tertiary/aromatic N) is 8. The fourth-order valence-corrected chi connectivity index (χ4v) is 20.7. The maximum Gasteiger partial charge on any atom is 0.243 e. The monoisotopic (exact) mass is 1430 g/mol. The van der Waals surface area contributed by atoms with Crippen LogP contribution in [0.5, 0.6) is 0 Å². The van der Waals surface area contributed by atoms with E-state index in [4.69, 9.17) is 0 Å². The predicted molar refractivity (Wildman–Crippen MR) is 375 cm³/mol. The number of sulfonamides is 6. The predicted octanol–water partition coefficient (Wildman–Crippen LogP) is 8.87. The van der Waals surface area contributed by atoms with Crippen LogP contribution in [0.15, 0.2) is 199 Å². The van der Waals surface area contributed by atoms with Gasteiger partial charge in [-0.05, 0) is 164 Å². The zero-order chi connectivity index (χ0) is 69.1. The Kier molecular flexibility index (Phi) is 24.9. The first-order chi connectivity index (χ1) is 45.5. The molecule has 2 aliphatic heterocycles. The Morgan fingerprint density at radius 2 is 0.385 bits per heavy atom. The van der Waals surface area contributed by atoms with Crippen molar-refractivity contribution in [2.45, 2.75) is 110 Å². The van der Waals surface area contributed by atoms with Gasteiger partial charge >= 0.3 is 0 Å². The lowest BCUT2D eigenvalue weighted by Crippen LogP contribution is -2.45. The third kappa shape index (κ3) is 18.6. The molecule has 0 saturated carbocycles. The molecular formula is C70H90N8O12S6. The summed E-state index contributed by atoms with van der Waals surface area (Å²) in [6.45, 7) is 11.4. The summed E-state index contributed by atoms with van der Waals surface area (Å²) in [6.07, 6.45) is 0.677. The molecule has 96 heavy (non-hydrogen) atoms. The summed E-state index contributed by atoms with van der Waals surface area (Å²) in [5.74, 6) is 0. The van der Waals surface area contributed by atoms with Crippen LogP contribution < -0.4 is 0 Å². The molecule has 0 atom stereocenters. The number of hydrogen-bond donors (Lipinski definition) is 0. The van der Waals surface area contributed by atoms with Crippen LogP contribution in [0.1, 0.15) is 70.2 Å².